The zero-order valence-electron chi connectivity index (χ0n) is 14.5. The normalized spacial score (nSPS) is 25.8. The molecule has 2 saturated heterocycles. The third-order valence-corrected chi connectivity index (χ3v) is 5.17. The number of rotatable bonds is 3. The van der Waals surface area contributed by atoms with Crippen molar-refractivity contribution in [1.82, 2.24) is 19.8 Å². The third-order valence-electron chi connectivity index (χ3n) is 4.90. The van der Waals surface area contributed by atoms with E-state index in [0.717, 1.165) is 45.1 Å². The molecule has 2 atom stereocenters. The van der Waals surface area contributed by atoms with Crippen LogP contribution in [0.15, 0.2) is 12.5 Å². The average molecular weight is 352 g/mol. The Labute approximate surface area is 148 Å². The van der Waals surface area contributed by atoms with Crippen LogP contribution in [0.5, 0.6) is 0 Å². The summed E-state index contributed by atoms with van der Waals surface area (Å²) in [6.07, 6.45) is 4.37. The molecular formula is C17H26ClN5O. The van der Waals surface area contributed by atoms with Crippen molar-refractivity contribution in [3.63, 3.8) is 0 Å². The summed E-state index contributed by atoms with van der Waals surface area (Å²) in [7, 11) is 0. The Hall–Kier alpha value is -1.40. The predicted octanol–water partition coefficient (Wildman–Crippen LogP) is 1.76. The minimum atomic E-state index is 0.266. The summed E-state index contributed by atoms with van der Waals surface area (Å²) in [5, 5.41) is 0.582. The Kier molecular flexibility index (Phi) is 5.56. The highest BCUT2D eigenvalue weighted by molar-refractivity contribution is 6.32. The van der Waals surface area contributed by atoms with E-state index in [9.17, 15) is 4.79 Å². The van der Waals surface area contributed by atoms with Gasteiger partial charge in [-0.05, 0) is 18.3 Å². The van der Waals surface area contributed by atoms with Crippen LogP contribution in [0.4, 0.5) is 5.82 Å². The van der Waals surface area contributed by atoms with Gasteiger partial charge in [-0.3, -0.25) is 9.69 Å². The minimum Gasteiger partial charge on any atom is -0.353 e. The largest absolute Gasteiger partial charge is 0.353 e. The Morgan fingerprint density at radius 3 is 2.50 bits per heavy atom. The maximum Gasteiger partial charge on any atom is 0.236 e. The van der Waals surface area contributed by atoms with Crippen LogP contribution < -0.4 is 4.90 Å². The Morgan fingerprint density at radius 2 is 1.88 bits per heavy atom. The maximum atomic E-state index is 12.6. The predicted molar refractivity (Wildman–Crippen MR) is 95.2 cm³/mol. The summed E-state index contributed by atoms with van der Waals surface area (Å²) >= 11 is 6.17. The van der Waals surface area contributed by atoms with Crippen molar-refractivity contribution in [3.05, 3.63) is 17.5 Å². The minimum absolute atomic E-state index is 0.266. The SMILES string of the molecule is CC1CC(C)CN(C(=O)CN2CCN(c3ncncc3Cl)CC2)C1. The first-order valence-corrected chi connectivity index (χ1v) is 9.11. The molecule has 2 unspecified atom stereocenters. The molecule has 2 aliphatic heterocycles. The van der Waals surface area contributed by atoms with Gasteiger partial charge in [0, 0.05) is 39.3 Å². The first kappa shape index (κ1) is 17.4. The molecular weight excluding hydrogens is 326 g/mol. The number of carbonyl (C=O) groups excluding carboxylic acids is 1. The van der Waals surface area contributed by atoms with Crippen LogP contribution in [0, 0.1) is 11.8 Å². The van der Waals surface area contributed by atoms with E-state index in [-0.39, 0.29) is 5.91 Å². The van der Waals surface area contributed by atoms with Crippen LogP contribution in [0.1, 0.15) is 20.3 Å². The van der Waals surface area contributed by atoms with Crippen LogP contribution in [0.3, 0.4) is 0 Å². The summed E-state index contributed by atoms with van der Waals surface area (Å²) in [6.45, 7) is 10.2. The Bertz CT molecular complexity index is 566. The van der Waals surface area contributed by atoms with E-state index in [2.05, 4.69) is 33.6 Å². The van der Waals surface area contributed by atoms with Crippen molar-refractivity contribution >= 4 is 23.3 Å². The third kappa shape index (κ3) is 4.16. The van der Waals surface area contributed by atoms with Gasteiger partial charge in [-0.25, -0.2) is 9.97 Å². The molecule has 0 saturated carbocycles. The molecule has 1 amide bonds. The molecule has 132 valence electrons. The smallest absolute Gasteiger partial charge is 0.236 e. The number of amides is 1. The molecule has 0 radical (unpaired) electrons. The number of hydrogen-bond donors (Lipinski definition) is 0. The van der Waals surface area contributed by atoms with E-state index < -0.39 is 0 Å². The second-order valence-electron chi connectivity index (χ2n) is 7.20. The monoisotopic (exact) mass is 351 g/mol. The Balaban J connectivity index is 1.50. The number of piperidine rings is 1. The van der Waals surface area contributed by atoms with Gasteiger partial charge < -0.3 is 9.80 Å². The highest BCUT2D eigenvalue weighted by Crippen LogP contribution is 2.23. The fourth-order valence-corrected chi connectivity index (χ4v) is 4.04. The molecule has 1 aromatic rings. The molecule has 2 fully saturated rings. The lowest BCUT2D eigenvalue weighted by Crippen LogP contribution is -2.52. The van der Waals surface area contributed by atoms with Crippen molar-refractivity contribution in [1.29, 1.82) is 0 Å². The number of halogens is 1. The van der Waals surface area contributed by atoms with Crippen molar-refractivity contribution < 1.29 is 4.79 Å². The molecule has 24 heavy (non-hydrogen) atoms. The van der Waals surface area contributed by atoms with Crippen molar-refractivity contribution in [3.8, 4) is 0 Å². The van der Waals surface area contributed by atoms with E-state index in [4.69, 9.17) is 11.6 Å². The van der Waals surface area contributed by atoms with Crippen LogP contribution in [0.2, 0.25) is 5.02 Å². The highest BCUT2D eigenvalue weighted by Gasteiger charge is 2.27. The summed E-state index contributed by atoms with van der Waals surface area (Å²) in [4.78, 5) is 27.2. The number of aromatic nitrogens is 2. The van der Waals surface area contributed by atoms with Gasteiger partial charge in [0.25, 0.3) is 0 Å². The van der Waals surface area contributed by atoms with Crippen LogP contribution in [-0.4, -0.2) is 71.5 Å². The van der Waals surface area contributed by atoms with Crippen molar-refractivity contribution in [2.75, 3.05) is 50.7 Å². The van der Waals surface area contributed by atoms with Crippen molar-refractivity contribution in [2.24, 2.45) is 11.8 Å². The summed E-state index contributed by atoms with van der Waals surface area (Å²) < 4.78 is 0. The summed E-state index contributed by atoms with van der Waals surface area (Å²) in [5.74, 6) is 2.27. The molecule has 0 bridgehead atoms. The lowest BCUT2D eigenvalue weighted by Gasteiger charge is -2.38. The van der Waals surface area contributed by atoms with Gasteiger partial charge >= 0.3 is 0 Å². The van der Waals surface area contributed by atoms with E-state index in [1.54, 1.807) is 6.20 Å². The number of likely N-dealkylation sites (tertiary alicyclic amines) is 1. The van der Waals surface area contributed by atoms with Gasteiger partial charge in [0.2, 0.25) is 5.91 Å². The fraction of sp³-hybridized carbons (Fsp3) is 0.706. The molecule has 6 nitrogen and oxygen atoms in total. The number of anilines is 1. The maximum absolute atomic E-state index is 12.6. The molecule has 7 heteroatoms. The zero-order chi connectivity index (χ0) is 17.1. The first-order chi connectivity index (χ1) is 11.5. The lowest BCUT2D eigenvalue weighted by molar-refractivity contribution is -0.135. The average Bonchev–Trinajstić information content (AvgIpc) is 2.55. The van der Waals surface area contributed by atoms with Gasteiger partial charge in [-0.1, -0.05) is 25.4 Å². The first-order valence-electron chi connectivity index (χ1n) is 8.73. The van der Waals surface area contributed by atoms with E-state index in [1.807, 2.05) is 4.90 Å². The molecule has 0 aromatic carbocycles. The number of piperazine rings is 1. The molecule has 3 rings (SSSR count). The molecule has 0 spiro atoms. The molecule has 1 aromatic heterocycles. The van der Waals surface area contributed by atoms with Crippen LogP contribution in [0.25, 0.3) is 0 Å². The summed E-state index contributed by atoms with van der Waals surface area (Å²) in [6, 6.07) is 0. The molecule has 3 heterocycles. The van der Waals surface area contributed by atoms with Gasteiger partial charge in [-0.15, -0.1) is 0 Å². The molecule has 2 aliphatic rings. The number of hydrogen-bond acceptors (Lipinski definition) is 5. The fourth-order valence-electron chi connectivity index (χ4n) is 3.81. The van der Waals surface area contributed by atoms with E-state index in [0.29, 0.717) is 23.4 Å². The second-order valence-corrected chi connectivity index (χ2v) is 7.61. The quantitative estimate of drug-likeness (QED) is 0.830. The molecule has 0 N–H and O–H groups in total. The zero-order valence-corrected chi connectivity index (χ0v) is 15.2. The van der Waals surface area contributed by atoms with Gasteiger partial charge in [-0.2, -0.15) is 0 Å². The van der Waals surface area contributed by atoms with Crippen LogP contribution in [-0.2, 0) is 4.79 Å². The standard InChI is InChI=1S/C17H26ClN5O/c1-13-7-14(2)10-23(9-13)16(24)11-21-3-5-22(6-4-21)17-15(18)8-19-12-20-17/h8,12-14H,3-7,9-11H2,1-2H3. The van der Waals surface area contributed by atoms with E-state index in [1.165, 1.54) is 12.7 Å². The topological polar surface area (TPSA) is 52.6 Å². The van der Waals surface area contributed by atoms with E-state index >= 15 is 0 Å². The van der Waals surface area contributed by atoms with Crippen LogP contribution >= 0.6 is 11.6 Å². The van der Waals surface area contributed by atoms with Crippen molar-refractivity contribution in [2.45, 2.75) is 20.3 Å². The highest BCUT2D eigenvalue weighted by atomic mass is 35.5. The number of carbonyl (C=O) groups is 1. The van der Waals surface area contributed by atoms with Gasteiger partial charge in [0.05, 0.1) is 12.7 Å². The Morgan fingerprint density at radius 1 is 1.21 bits per heavy atom. The van der Waals surface area contributed by atoms with Gasteiger partial charge in [0.1, 0.15) is 11.3 Å². The van der Waals surface area contributed by atoms with Gasteiger partial charge in [0.15, 0.2) is 5.82 Å². The lowest BCUT2D eigenvalue weighted by atomic mass is 9.92. The summed E-state index contributed by atoms with van der Waals surface area (Å²) in [5.41, 5.74) is 0. The number of nitrogens with zero attached hydrogens (tertiary/aromatic N) is 5. The second kappa shape index (κ2) is 7.66. The molecule has 0 aliphatic carbocycles.